The van der Waals surface area contributed by atoms with Crippen molar-refractivity contribution >= 4 is 21.6 Å². The van der Waals surface area contributed by atoms with Crippen molar-refractivity contribution in [2.75, 3.05) is 5.73 Å². The summed E-state index contributed by atoms with van der Waals surface area (Å²) in [5, 5.41) is 0. The smallest absolute Gasteiger partial charge is 0.242 e. The number of benzene rings is 1. The number of carbonyl (C=O) groups excluding carboxylic acids is 1. The Labute approximate surface area is 122 Å². The molecule has 0 atom stereocenters. The third-order valence-electron chi connectivity index (χ3n) is 3.72. The molecule has 116 valence electrons. The van der Waals surface area contributed by atoms with Crippen molar-refractivity contribution < 1.29 is 17.6 Å². The number of anilines is 1. The molecule has 8 heteroatoms. The number of sulfonamides is 1. The maximum absolute atomic E-state index is 13.2. The van der Waals surface area contributed by atoms with E-state index in [1.165, 1.54) is 6.07 Å². The summed E-state index contributed by atoms with van der Waals surface area (Å²) in [4.78, 5) is 10.8. The molecule has 0 saturated heterocycles. The summed E-state index contributed by atoms with van der Waals surface area (Å²) in [7, 11) is -3.88. The summed E-state index contributed by atoms with van der Waals surface area (Å²) in [6, 6.07) is 2.92. The van der Waals surface area contributed by atoms with Crippen LogP contribution in [-0.2, 0) is 14.8 Å². The quantitative estimate of drug-likeness (QED) is 0.710. The van der Waals surface area contributed by atoms with Gasteiger partial charge in [0.25, 0.3) is 0 Å². The summed E-state index contributed by atoms with van der Waals surface area (Å²) in [5.74, 6) is -1.22. The minimum Gasteiger partial charge on any atom is -0.398 e. The summed E-state index contributed by atoms with van der Waals surface area (Å²) < 4.78 is 40.2. The Balaban J connectivity index is 2.09. The highest BCUT2D eigenvalue weighted by molar-refractivity contribution is 7.89. The van der Waals surface area contributed by atoms with Crippen LogP contribution < -0.4 is 16.2 Å². The number of primary amides is 1. The lowest BCUT2D eigenvalue weighted by atomic mass is 9.86. The number of nitrogen functional groups attached to an aromatic ring is 1. The molecule has 1 aliphatic carbocycles. The van der Waals surface area contributed by atoms with E-state index in [4.69, 9.17) is 11.5 Å². The van der Waals surface area contributed by atoms with E-state index >= 15 is 0 Å². The Hall–Kier alpha value is -1.67. The third-order valence-corrected chi connectivity index (χ3v) is 5.29. The molecule has 1 saturated carbocycles. The number of amides is 1. The molecule has 0 aromatic heterocycles. The largest absolute Gasteiger partial charge is 0.398 e. The number of nitrogens with one attached hydrogen (secondary N) is 1. The van der Waals surface area contributed by atoms with Crippen LogP contribution in [0.3, 0.4) is 0 Å². The third kappa shape index (κ3) is 3.70. The molecule has 0 spiro atoms. The Morgan fingerprint density at radius 2 is 1.86 bits per heavy atom. The first-order valence-corrected chi connectivity index (χ1v) is 8.14. The molecule has 0 radical (unpaired) electrons. The maximum atomic E-state index is 13.2. The van der Waals surface area contributed by atoms with Gasteiger partial charge in [-0.3, -0.25) is 4.79 Å². The minimum atomic E-state index is -3.88. The van der Waals surface area contributed by atoms with Gasteiger partial charge in [0.05, 0.1) is 5.69 Å². The molecule has 2 rings (SSSR count). The number of hydrogen-bond acceptors (Lipinski definition) is 4. The second-order valence-electron chi connectivity index (χ2n) is 5.25. The van der Waals surface area contributed by atoms with Crippen molar-refractivity contribution in [1.82, 2.24) is 4.72 Å². The molecule has 1 fully saturated rings. The SMILES string of the molecule is NC(=O)C1CCC(NS(=O)(=O)c2cc(F)ccc2N)CC1. The van der Waals surface area contributed by atoms with Crippen molar-refractivity contribution in [3.8, 4) is 0 Å². The van der Waals surface area contributed by atoms with Gasteiger partial charge in [0, 0.05) is 12.0 Å². The molecule has 6 nitrogen and oxygen atoms in total. The van der Waals surface area contributed by atoms with Crippen LogP contribution in [0.1, 0.15) is 25.7 Å². The van der Waals surface area contributed by atoms with Gasteiger partial charge in [0.1, 0.15) is 10.7 Å². The number of rotatable bonds is 4. The standard InChI is InChI=1S/C13H18FN3O3S/c14-9-3-6-11(15)12(7-9)21(19,20)17-10-4-1-8(2-5-10)13(16)18/h3,6-8,10,17H,1-2,4-5,15H2,(H2,16,18). The van der Waals surface area contributed by atoms with E-state index in [1.807, 2.05) is 0 Å². The second kappa shape index (κ2) is 5.98. The molecule has 21 heavy (non-hydrogen) atoms. The Morgan fingerprint density at radius 3 is 2.43 bits per heavy atom. The van der Waals surface area contributed by atoms with Crippen molar-refractivity contribution in [2.24, 2.45) is 11.7 Å². The van der Waals surface area contributed by atoms with Crippen LogP contribution in [0.5, 0.6) is 0 Å². The van der Waals surface area contributed by atoms with Gasteiger partial charge < -0.3 is 11.5 Å². The Morgan fingerprint density at radius 1 is 1.24 bits per heavy atom. The van der Waals surface area contributed by atoms with Gasteiger partial charge in [-0.2, -0.15) is 0 Å². The Kier molecular flexibility index (Phi) is 4.48. The van der Waals surface area contributed by atoms with Crippen LogP contribution in [0.15, 0.2) is 23.1 Å². The molecular formula is C13H18FN3O3S. The summed E-state index contributed by atoms with van der Waals surface area (Å²) in [6.45, 7) is 0. The van der Waals surface area contributed by atoms with E-state index in [2.05, 4.69) is 4.72 Å². The molecular weight excluding hydrogens is 297 g/mol. The van der Waals surface area contributed by atoms with Crippen LogP contribution in [0.4, 0.5) is 10.1 Å². The first kappa shape index (κ1) is 15.7. The average Bonchev–Trinajstić information content (AvgIpc) is 2.41. The monoisotopic (exact) mass is 315 g/mol. The summed E-state index contributed by atoms with van der Waals surface area (Å²) in [5.41, 5.74) is 10.8. The predicted octanol–water partition coefficient (Wildman–Crippen LogP) is 0.730. The highest BCUT2D eigenvalue weighted by Gasteiger charge is 2.28. The predicted molar refractivity (Wildman–Crippen MR) is 76.1 cm³/mol. The van der Waals surface area contributed by atoms with Crippen LogP contribution in [0.25, 0.3) is 0 Å². The normalized spacial score (nSPS) is 22.9. The highest BCUT2D eigenvalue weighted by atomic mass is 32.2. The molecule has 0 heterocycles. The van der Waals surface area contributed by atoms with Gasteiger partial charge in [-0.25, -0.2) is 17.5 Å². The number of nitrogens with two attached hydrogens (primary N) is 2. The van der Waals surface area contributed by atoms with Crippen molar-refractivity contribution in [1.29, 1.82) is 0 Å². The zero-order valence-corrected chi connectivity index (χ0v) is 12.2. The first-order chi connectivity index (χ1) is 9.79. The lowest BCUT2D eigenvalue weighted by Gasteiger charge is -2.27. The molecule has 0 bridgehead atoms. The summed E-state index contributed by atoms with van der Waals surface area (Å²) in [6.07, 6.45) is 2.12. The average molecular weight is 315 g/mol. The maximum Gasteiger partial charge on any atom is 0.242 e. The molecule has 0 aliphatic heterocycles. The highest BCUT2D eigenvalue weighted by Crippen LogP contribution is 2.26. The van der Waals surface area contributed by atoms with E-state index < -0.39 is 15.8 Å². The van der Waals surface area contributed by atoms with Gasteiger partial charge in [-0.05, 0) is 43.9 Å². The van der Waals surface area contributed by atoms with E-state index in [9.17, 15) is 17.6 Å². The van der Waals surface area contributed by atoms with Crippen molar-refractivity contribution in [3.63, 3.8) is 0 Å². The zero-order valence-electron chi connectivity index (χ0n) is 11.4. The topological polar surface area (TPSA) is 115 Å². The van der Waals surface area contributed by atoms with Crippen LogP contribution in [-0.4, -0.2) is 20.4 Å². The lowest BCUT2D eigenvalue weighted by Crippen LogP contribution is -2.39. The van der Waals surface area contributed by atoms with Crippen LogP contribution in [0.2, 0.25) is 0 Å². The van der Waals surface area contributed by atoms with Crippen LogP contribution in [0, 0.1) is 11.7 Å². The van der Waals surface area contributed by atoms with Gasteiger partial charge in [0.15, 0.2) is 0 Å². The molecule has 1 aliphatic rings. The van der Waals surface area contributed by atoms with E-state index in [-0.39, 0.29) is 28.4 Å². The fourth-order valence-electron chi connectivity index (χ4n) is 2.52. The fourth-order valence-corrected chi connectivity index (χ4v) is 3.97. The van der Waals surface area contributed by atoms with E-state index in [0.717, 1.165) is 12.1 Å². The van der Waals surface area contributed by atoms with Gasteiger partial charge in [-0.15, -0.1) is 0 Å². The first-order valence-electron chi connectivity index (χ1n) is 6.66. The molecule has 5 N–H and O–H groups in total. The zero-order chi connectivity index (χ0) is 15.6. The summed E-state index contributed by atoms with van der Waals surface area (Å²) >= 11 is 0. The van der Waals surface area contributed by atoms with E-state index in [0.29, 0.717) is 25.7 Å². The fraction of sp³-hybridized carbons (Fsp3) is 0.462. The lowest BCUT2D eigenvalue weighted by molar-refractivity contribution is -0.122. The van der Waals surface area contributed by atoms with Gasteiger partial charge in [-0.1, -0.05) is 0 Å². The van der Waals surface area contributed by atoms with Crippen molar-refractivity contribution in [3.05, 3.63) is 24.0 Å². The molecule has 1 amide bonds. The molecule has 1 aromatic rings. The number of carbonyl (C=O) groups is 1. The number of halogens is 1. The molecule has 1 aromatic carbocycles. The number of hydrogen-bond donors (Lipinski definition) is 3. The molecule has 0 unspecified atom stereocenters. The van der Waals surface area contributed by atoms with Crippen molar-refractivity contribution in [2.45, 2.75) is 36.6 Å². The Bertz CT molecular complexity index is 640. The van der Waals surface area contributed by atoms with Gasteiger partial charge in [0.2, 0.25) is 15.9 Å². The van der Waals surface area contributed by atoms with Crippen LogP contribution >= 0.6 is 0 Å². The second-order valence-corrected chi connectivity index (χ2v) is 6.94. The van der Waals surface area contributed by atoms with Gasteiger partial charge >= 0.3 is 0 Å². The van der Waals surface area contributed by atoms with E-state index in [1.54, 1.807) is 0 Å². The minimum absolute atomic E-state index is 0.00489.